The number of nitrogens with zero attached hydrogens (tertiary/aromatic N) is 8. The molecule has 1 amide bonds. The van der Waals surface area contributed by atoms with Crippen molar-refractivity contribution in [3.63, 3.8) is 0 Å². The van der Waals surface area contributed by atoms with Gasteiger partial charge in [-0.1, -0.05) is 18.2 Å². The van der Waals surface area contributed by atoms with Gasteiger partial charge < -0.3 is 54.4 Å². The zero-order chi connectivity index (χ0) is 47.3. The molecule has 4 aromatic rings. The number of hydrogen-bond acceptors (Lipinski definition) is 17. The first-order valence-corrected chi connectivity index (χ1v) is 24.4. The lowest BCUT2D eigenvalue weighted by Crippen LogP contribution is -2.50. The van der Waals surface area contributed by atoms with Crippen LogP contribution in [-0.4, -0.2) is 185 Å². The number of rotatable bonds is 29. The first-order valence-electron chi connectivity index (χ1n) is 24.4. The Hall–Kier alpha value is -4.67. The molecule has 2 fully saturated rings. The summed E-state index contributed by atoms with van der Waals surface area (Å²) in [5.74, 6) is 1.80. The fourth-order valence-electron chi connectivity index (χ4n) is 9.38. The minimum Gasteiger partial charge on any atom is -0.476 e. The Morgan fingerprint density at radius 2 is 1.41 bits per heavy atom. The second kappa shape index (κ2) is 27.5. The third-order valence-electron chi connectivity index (χ3n) is 13.0. The van der Waals surface area contributed by atoms with Crippen LogP contribution in [-0.2, 0) is 52.7 Å². The molecule has 0 atom stereocenters. The van der Waals surface area contributed by atoms with Gasteiger partial charge in [0.25, 0.3) is 0 Å². The molecule has 2 aromatic heterocycles. The molecule has 6 N–H and O–H groups in total. The van der Waals surface area contributed by atoms with Crippen molar-refractivity contribution >= 4 is 35.2 Å². The predicted octanol–water partition coefficient (Wildman–Crippen LogP) is 3.26. The van der Waals surface area contributed by atoms with Crippen molar-refractivity contribution in [2.75, 3.05) is 138 Å². The quantitative estimate of drug-likeness (QED) is 0.0404. The number of amides is 1. The summed E-state index contributed by atoms with van der Waals surface area (Å²) in [6.07, 6.45) is 7.43. The summed E-state index contributed by atoms with van der Waals surface area (Å²) in [6, 6.07) is 13.0. The number of nitrogens with two attached hydrogens (primary N) is 3. The average molecular weight is 944 g/mol. The van der Waals surface area contributed by atoms with Crippen molar-refractivity contribution in [1.29, 1.82) is 0 Å². The molecule has 2 saturated heterocycles. The first-order chi connectivity index (χ1) is 33.4. The lowest BCUT2D eigenvalue weighted by Gasteiger charge is -2.43. The topological polar surface area (TPSA) is 225 Å². The Morgan fingerprint density at radius 3 is 2.06 bits per heavy atom. The highest BCUT2D eigenvalue weighted by Gasteiger charge is 2.31. The van der Waals surface area contributed by atoms with Crippen LogP contribution in [0.25, 0.3) is 22.3 Å². The van der Waals surface area contributed by atoms with Gasteiger partial charge in [0.15, 0.2) is 5.65 Å². The van der Waals surface area contributed by atoms with Gasteiger partial charge in [-0.3, -0.25) is 20.4 Å². The van der Waals surface area contributed by atoms with Crippen LogP contribution in [0.3, 0.4) is 0 Å². The summed E-state index contributed by atoms with van der Waals surface area (Å²) in [7, 11) is 0. The van der Waals surface area contributed by atoms with Gasteiger partial charge in [-0.2, -0.15) is 5.10 Å². The van der Waals surface area contributed by atoms with Crippen LogP contribution >= 0.6 is 0 Å². The predicted molar refractivity (Wildman–Crippen MR) is 261 cm³/mol. The smallest absolute Gasteiger partial charge is 0.224 e. The van der Waals surface area contributed by atoms with Gasteiger partial charge in [-0.15, -0.1) is 0 Å². The van der Waals surface area contributed by atoms with E-state index in [-0.39, 0.29) is 12.6 Å². The Balaban J connectivity index is 0.743. The van der Waals surface area contributed by atoms with Gasteiger partial charge in [-0.25, -0.2) is 14.6 Å². The van der Waals surface area contributed by atoms with Gasteiger partial charge in [-0.05, 0) is 92.7 Å². The lowest BCUT2D eigenvalue weighted by atomic mass is 9.91. The first kappa shape index (κ1) is 51.2. The number of carbonyl (C=O) groups is 1. The molecule has 19 nitrogen and oxygen atoms in total. The average Bonchev–Trinajstić information content (AvgIpc) is 3.74. The van der Waals surface area contributed by atoms with Gasteiger partial charge in [0, 0.05) is 50.9 Å². The maximum Gasteiger partial charge on any atom is 0.224 e. The van der Waals surface area contributed by atoms with Crippen molar-refractivity contribution in [2.24, 2.45) is 22.4 Å². The number of aromatic nitrogens is 4. The van der Waals surface area contributed by atoms with Crippen LogP contribution in [0.1, 0.15) is 48.8 Å². The zero-order valence-electron chi connectivity index (χ0n) is 39.8. The Labute approximate surface area is 400 Å². The molecule has 3 aliphatic rings. The number of anilines is 1. The molecule has 0 aliphatic carbocycles. The number of carbonyl (C=O) groups excluding carboxylic acids is 1. The van der Waals surface area contributed by atoms with Crippen molar-refractivity contribution in [3.8, 4) is 17.0 Å². The van der Waals surface area contributed by atoms with E-state index in [1.807, 2.05) is 27.8 Å². The molecule has 0 unspecified atom stereocenters. The van der Waals surface area contributed by atoms with E-state index in [0.29, 0.717) is 145 Å². The molecule has 0 saturated carbocycles. The molecule has 2 aromatic carbocycles. The molecule has 372 valence electrons. The van der Waals surface area contributed by atoms with Crippen LogP contribution in [0.5, 0.6) is 5.75 Å². The molecule has 0 radical (unpaired) electrons. The summed E-state index contributed by atoms with van der Waals surface area (Å²) < 4.78 is 40.4. The van der Waals surface area contributed by atoms with Crippen molar-refractivity contribution in [3.05, 3.63) is 59.4 Å². The Bertz CT molecular complexity index is 2160. The second-order valence-electron chi connectivity index (χ2n) is 17.5. The molecular weight excluding hydrogens is 871 g/mol. The van der Waals surface area contributed by atoms with Crippen molar-refractivity contribution in [1.82, 2.24) is 34.4 Å². The van der Waals surface area contributed by atoms with Gasteiger partial charge in [0.05, 0.1) is 97.6 Å². The number of hydrogen-bond donors (Lipinski definition) is 3. The van der Waals surface area contributed by atoms with Crippen molar-refractivity contribution < 1.29 is 38.0 Å². The molecule has 7 rings (SSSR count). The normalized spacial score (nSPS) is 16.4. The number of piperidine rings is 2. The summed E-state index contributed by atoms with van der Waals surface area (Å²) in [4.78, 5) is 33.3. The van der Waals surface area contributed by atoms with E-state index in [2.05, 4.69) is 49.7 Å². The number of likely N-dealkylation sites (tertiary alicyclic amines) is 2. The van der Waals surface area contributed by atoms with E-state index < -0.39 is 0 Å². The fraction of sp³-hybridized carbons (Fsp3) is 0.612. The van der Waals surface area contributed by atoms with Gasteiger partial charge >= 0.3 is 0 Å². The summed E-state index contributed by atoms with van der Waals surface area (Å²) in [5.41, 5.74) is 24.1. The fourth-order valence-corrected chi connectivity index (χ4v) is 9.38. The van der Waals surface area contributed by atoms with Gasteiger partial charge in [0.2, 0.25) is 5.91 Å². The number of fused-ring (bicyclic) bond motifs is 2. The number of ether oxygens (including phenoxy) is 7. The Kier molecular flexibility index (Phi) is 20.7. The van der Waals surface area contributed by atoms with E-state index in [4.69, 9.17) is 55.5 Å². The largest absolute Gasteiger partial charge is 0.476 e. The van der Waals surface area contributed by atoms with E-state index in [0.717, 1.165) is 76.2 Å². The van der Waals surface area contributed by atoms with E-state index in [1.165, 1.54) is 30.3 Å². The third kappa shape index (κ3) is 14.9. The number of aliphatic imine (C=N–C) groups is 1. The Morgan fingerprint density at radius 1 is 0.750 bits per heavy atom. The van der Waals surface area contributed by atoms with Crippen LogP contribution in [0.15, 0.2) is 47.7 Å². The lowest BCUT2D eigenvalue weighted by molar-refractivity contribution is -0.134. The minimum absolute atomic E-state index is 0.0350. The van der Waals surface area contributed by atoms with Crippen molar-refractivity contribution in [2.45, 2.75) is 57.7 Å². The molecule has 0 bridgehead atoms. The highest BCUT2D eigenvalue weighted by molar-refractivity contribution is 5.98. The standard InChI is InChI=1S/C49H73N11O8/c1-53-43-31-40(4-5-44(43)68-35-51)47-46-48(52)54-36-55-49(46)60(56-47)33-38-2-3-41-34-57(13-8-39(41)30-38)32-37-6-14-58(15-7-37)42-9-16-59(17-10-42)45(61)11-18-62-20-22-64-24-26-66-28-29-67-27-25-65-23-21-63-19-12-50/h2-5,30-31,36-37,42H,1,6-29,32-35,50-51H2,(H2,52,54,55). The van der Waals surface area contributed by atoms with Crippen LogP contribution in [0, 0.1) is 5.92 Å². The van der Waals surface area contributed by atoms with Gasteiger partial charge in [0.1, 0.15) is 36.0 Å². The maximum absolute atomic E-state index is 12.9. The minimum atomic E-state index is 0.0350. The summed E-state index contributed by atoms with van der Waals surface area (Å²) in [6.45, 7) is 17.9. The summed E-state index contributed by atoms with van der Waals surface area (Å²) >= 11 is 0. The summed E-state index contributed by atoms with van der Waals surface area (Å²) in [5, 5.41) is 5.70. The highest BCUT2D eigenvalue weighted by Crippen LogP contribution is 2.36. The van der Waals surface area contributed by atoms with Crippen LogP contribution < -0.4 is 21.9 Å². The third-order valence-corrected chi connectivity index (χ3v) is 13.0. The van der Waals surface area contributed by atoms with E-state index >= 15 is 0 Å². The zero-order valence-corrected chi connectivity index (χ0v) is 39.8. The van der Waals surface area contributed by atoms with E-state index in [1.54, 1.807) is 0 Å². The molecule has 68 heavy (non-hydrogen) atoms. The molecule has 19 heteroatoms. The maximum atomic E-state index is 12.9. The molecule has 5 heterocycles. The van der Waals surface area contributed by atoms with Crippen LogP contribution in [0.4, 0.5) is 11.5 Å². The molecule has 3 aliphatic heterocycles. The van der Waals surface area contributed by atoms with Crippen LogP contribution in [0.2, 0.25) is 0 Å². The molecular formula is C49H73N11O8. The molecule has 0 spiro atoms. The SMILES string of the molecule is C=Nc1cc(-c2nn(Cc3ccc4c(c3)CCN(CC3CCN(C5CCN(C(=O)CCOCCOCCOCCOCCOCCOCCN)CC5)CC3)C4)c3ncnc(N)c23)ccc1OCN. The number of nitrogen functional groups attached to an aromatic ring is 1. The number of benzene rings is 2. The van der Waals surface area contributed by atoms with E-state index in [9.17, 15) is 4.79 Å². The monoisotopic (exact) mass is 944 g/mol. The second-order valence-corrected chi connectivity index (χ2v) is 17.5. The highest BCUT2D eigenvalue weighted by atomic mass is 16.6.